The van der Waals surface area contributed by atoms with E-state index in [1.54, 1.807) is 18.2 Å². The average molecular weight is 386 g/mol. The molecule has 0 spiro atoms. The standard InChI is InChI=1S/C26H26N2O/c1-17-14-18(2)24(19(3)15-17)28-25(20(4)16-21-10-6-5-7-11-21)27-23-13-9-8-12-22(23)26(28)29/h5-15,20H,16H2,1-4H3/t20-/m1/s1/i2D3. The number of benzene rings is 3. The van der Waals surface area contributed by atoms with Gasteiger partial charge < -0.3 is 0 Å². The lowest BCUT2D eigenvalue weighted by Crippen LogP contribution is -2.27. The fraction of sp³-hybridized carbons (Fsp3) is 0.231. The summed E-state index contributed by atoms with van der Waals surface area (Å²) in [5, 5.41) is 0.472. The summed E-state index contributed by atoms with van der Waals surface area (Å²) in [5.74, 6) is 0.454. The molecule has 0 unspecified atom stereocenters. The quantitative estimate of drug-likeness (QED) is 0.454. The molecule has 1 aromatic heterocycles. The molecule has 0 N–H and O–H groups in total. The SMILES string of the molecule is [2H]C([2H])([2H])c1cc(C)cc(C)c1-n1c([C@H](C)Cc2ccccc2)nc2ccccc2c1=O. The van der Waals surface area contributed by atoms with Crippen molar-refractivity contribution < 1.29 is 4.11 Å². The van der Waals surface area contributed by atoms with Crippen molar-refractivity contribution in [3.63, 3.8) is 0 Å². The second-order valence-corrected chi connectivity index (χ2v) is 7.70. The number of aryl methyl sites for hydroxylation is 3. The fourth-order valence-corrected chi connectivity index (χ4v) is 4.01. The van der Waals surface area contributed by atoms with Gasteiger partial charge in [-0.15, -0.1) is 0 Å². The molecule has 0 bridgehead atoms. The Hall–Kier alpha value is -3.20. The van der Waals surface area contributed by atoms with Gasteiger partial charge >= 0.3 is 0 Å². The molecule has 4 aromatic rings. The molecule has 0 saturated heterocycles. The second kappa shape index (κ2) is 7.67. The Balaban J connectivity index is 2.05. The van der Waals surface area contributed by atoms with Crippen molar-refractivity contribution in [2.24, 2.45) is 0 Å². The van der Waals surface area contributed by atoms with Crippen LogP contribution in [0, 0.1) is 20.7 Å². The molecule has 4 rings (SSSR count). The molecule has 1 heterocycles. The van der Waals surface area contributed by atoms with Gasteiger partial charge in [0.1, 0.15) is 5.82 Å². The van der Waals surface area contributed by atoms with Gasteiger partial charge in [-0.2, -0.15) is 0 Å². The number of fused-ring (bicyclic) bond motifs is 1. The molecule has 0 radical (unpaired) electrons. The molecule has 0 aliphatic heterocycles. The predicted octanol–water partition coefficient (Wildman–Crippen LogP) is 5.66. The zero-order chi connectivity index (χ0) is 23.0. The van der Waals surface area contributed by atoms with Gasteiger partial charge in [-0.05, 0) is 55.9 Å². The van der Waals surface area contributed by atoms with Crippen molar-refractivity contribution in [2.45, 2.75) is 40.0 Å². The maximum absolute atomic E-state index is 13.8. The molecule has 0 saturated carbocycles. The van der Waals surface area contributed by atoms with Crippen LogP contribution >= 0.6 is 0 Å². The van der Waals surface area contributed by atoms with E-state index in [-0.39, 0.29) is 17.0 Å². The third-order valence-electron chi connectivity index (χ3n) is 5.30. The van der Waals surface area contributed by atoms with Crippen LogP contribution in [0.1, 0.15) is 45.0 Å². The number of nitrogens with zero attached hydrogens (tertiary/aromatic N) is 2. The maximum atomic E-state index is 13.8. The van der Waals surface area contributed by atoms with E-state index in [4.69, 9.17) is 9.10 Å². The summed E-state index contributed by atoms with van der Waals surface area (Å²) in [4.78, 5) is 18.6. The first kappa shape index (κ1) is 15.7. The molecule has 3 aromatic carbocycles. The van der Waals surface area contributed by atoms with Gasteiger partial charge in [0.05, 0.1) is 16.6 Å². The van der Waals surface area contributed by atoms with Crippen LogP contribution in [0.4, 0.5) is 0 Å². The molecule has 3 heteroatoms. The third-order valence-corrected chi connectivity index (χ3v) is 5.30. The highest BCUT2D eigenvalue weighted by Crippen LogP contribution is 2.26. The summed E-state index contributed by atoms with van der Waals surface area (Å²) < 4.78 is 26.0. The molecular weight excluding hydrogens is 356 g/mol. The summed E-state index contributed by atoms with van der Waals surface area (Å²) in [6, 6.07) is 20.8. The minimum absolute atomic E-state index is 0.111. The zero-order valence-electron chi connectivity index (χ0n) is 19.9. The lowest BCUT2D eigenvalue weighted by atomic mass is 9.98. The second-order valence-electron chi connectivity index (χ2n) is 7.70. The van der Waals surface area contributed by atoms with Crippen LogP contribution in [0.5, 0.6) is 0 Å². The number of para-hydroxylation sites is 1. The predicted molar refractivity (Wildman–Crippen MR) is 120 cm³/mol. The number of hydrogen-bond acceptors (Lipinski definition) is 2. The first-order valence-electron chi connectivity index (χ1n) is 11.3. The van der Waals surface area contributed by atoms with E-state index in [1.165, 1.54) is 4.57 Å². The monoisotopic (exact) mass is 385 g/mol. The maximum Gasteiger partial charge on any atom is 0.265 e. The van der Waals surface area contributed by atoms with Crippen LogP contribution in [-0.4, -0.2) is 9.55 Å². The Labute approximate surface area is 175 Å². The van der Waals surface area contributed by atoms with Crippen LogP contribution in [0.15, 0.2) is 71.5 Å². The minimum atomic E-state index is -2.36. The molecule has 1 atom stereocenters. The first-order chi connectivity index (χ1) is 15.2. The smallest absolute Gasteiger partial charge is 0.265 e. The van der Waals surface area contributed by atoms with E-state index in [2.05, 4.69) is 0 Å². The lowest BCUT2D eigenvalue weighted by Gasteiger charge is -2.22. The minimum Gasteiger partial charge on any atom is -0.268 e. The highest BCUT2D eigenvalue weighted by molar-refractivity contribution is 5.78. The molecule has 3 nitrogen and oxygen atoms in total. The van der Waals surface area contributed by atoms with Crippen LogP contribution in [0.2, 0.25) is 0 Å². The molecular formula is C26H26N2O. The number of hydrogen-bond donors (Lipinski definition) is 0. The van der Waals surface area contributed by atoms with Gasteiger partial charge in [0.2, 0.25) is 0 Å². The van der Waals surface area contributed by atoms with E-state index in [0.717, 1.165) is 16.7 Å². The van der Waals surface area contributed by atoms with Crippen molar-refractivity contribution >= 4 is 10.9 Å². The average Bonchev–Trinajstić information content (AvgIpc) is 2.74. The van der Waals surface area contributed by atoms with Gasteiger partial charge in [-0.3, -0.25) is 9.36 Å². The zero-order valence-corrected chi connectivity index (χ0v) is 16.9. The van der Waals surface area contributed by atoms with Gasteiger partial charge in [-0.25, -0.2) is 4.98 Å². The first-order valence-corrected chi connectivity index (χ1v) is 9.84. The normalized spacial score (nSPS) is 14.2. The highest BCUT2D eigenvalue weighted by atomic mass is 16.1. The van der Waals surface area contributed by atoms with Crippen LogP contribution in [-0.2, 0) is 6.42 Å². The van der Waals surface area contributed by atoms with Crippen LogP contribution in [0.25, 0.3) is 16.6 Å². The number of rotatable bonds is 4. The molecule has 0 amide bonds. The van der Waals surface area contributed by atoms with Crippen molar-refractivity contribution in [1.82, 2.24) is 9.55 Å². The topological polar surface area (TPSA) is 34.9 Å². The van der Waals surface area contributed by atoms with E-state index in [1.807, 2.05) is 69.3 Å². The Kier molecular flexibility index (Phi) is 4.15. The molecule has 0 aliphatic rings. The summed E-state index contributed by atoms with van der Waals surface area (Å²) in [6.07, 6.45) is 0.680. The largest absolute Gasteiger partial charge is 0.268 e. The van der Waals surface area contributed by atoms with E-state index in [0.29, 0.717) is 28.8 Å². The molecule has 146 valence electrons. The van der Waals surface area contributed by atoms with E-state index < -0.39 is 6.85 Å². The summed E-state index contributed by atoms with van der Waals surface area (Å²) in [7, 11) is 0. The van der Waals surface area contributed by atoms with Gasteiger partial charge in [0, 0.05) is 10.0 Å². The summed E-state index contributed by atoms with van der Waals surface area (Å²) in [6.45, 7) is 3.38. The van der Waals surface area contributed by atoms with E-state index in [9.17, 15) is 4.79 Å². The fourth-order valence-electron chi connectivity index (χ4n) is 4.01. The molecule has 0 fully saturated rings. The van der Waals surface area contributed by atoms with Crippen LogP contribution < -0.4 is 5.56 Å². The van der Waals surface area contributed by atoms with Gasteiger partial charge in [0.15, 0.2) is 0 Å². The van der Waals surface area contributed by atoms with Gasteiger partial charge in [-0.1, -0.05) is 67.1 Å². The van der Waals surface area contributed by atoms with Gasteiger partial charge in [0.25, 0.3) is 5.56 Å². The lowest BCUT2D eigenvalue weighted by molar-refractivity contribution is 0.662. The number of aromatic nitrogens is 2. The third kappa shape index (κ3) is 3.61. The van der Waals surface area contributed by atoms with Crippen LogP contribution in [0.3, 0.4) is 0 Å². The Bertz CT molecular complexity index is 1340. The van der Waals surface area contributed by atoms with Crippen molar-refractivity contribution in [3.8, 4) is 5.69 Å². The summed E-state index contributed by atoms with van der Waals surface area (Å²) >= 11 is 0. The van der Waals surface area contributed by atoms with Crippen molar-refractivity contribution in [1.29, 1.82) is 0 Å². The summed E-state index contributed by atoms with van der Waals surface area (Å²) in [5.41, 5.74) is 3.66. The highest BCUT2D eigenvalue weighted by Gasteiger charge is 2.20. The van der Waals surface area contributed by atoms with Crippen molar-refractivity contribution in [3.05, 3.63) is 105 Å². The molecule has 29 heavy (non-hydrogen) atoms. The Morgan fingerprint density at radius 2 is 1.69 bits per heavy atom. The Morgan fingerprint density at radius 1 is 1.00 bits per heavy atom. The molecule has 0 aliphatic carbocycles. The van der Waals surface area contributed by atoms with E-state index >= 15 is 0 Å². The Morgan fingerprint density at radius 3 is 2.45 bits per heavy atom. The van der Waals surface area contributed by atoms with Crippen molar-refractivity contribution in [2.75, 3.05) is 0 Å².